The average molecular weight is 228 g/mol. The minimum Gasteiger partial charge on any atom is -0.395 e. The van der Waals surface area contributed by atoms with Gasteiger partial charge in [-0.3, -0.25) is 0 Å². The van der Waals surface area contributed by atoms with Gasteiger partial charge in [-0.2, -0.15) is 0 Å². The molecule has 4 heteroatoms. The second-order valence-electron chi connectivity index (χ2n) is 5.06. The molecule has 1 fully saturated rings. The summed E-state index contributed by atoms with van der Waals surface area (Å²) in [5, 5.41) is 11.8. The van der Waals surface area contributed by atoms with Crippen molar-refractivity contribution in [2.75, 3.05) is 20.2 Å². The number of aliphatic hydroxyl groups excluding tert-OH is 1. The molecule has 1 aliphatic rings. The number of urea groups is 1. The molecule has 3 atom stereocenters. The van der Waals surface area contributed by atoms with Gasteiger partial charge in [0.15, 0.2) is 0 Å². The van der Waals surface area contributed by atoms with E-state index in [0.717, 1.165) is 18.8 Å². The van der Waals surface area contributed by atoms with E-state index in [9.17, 15) is 4.79 Å². The van der Waals surface area contributed by atoms with Crippen LogP contribution in [0.25, 0.3) is 0 Å². The first-order chi connectivity index (χ1) is 7.54. The molecule has 0 aromatic rings. The minimum atomic E-state index is -0.0687. The third-order valence-corrected chi connectivity index (χ3v) is 3.71. The van der Waals surface area contributed by atoms with Crippen LogP contribution >= 0.6 is 0 Å². The molecule has 94 valence electrons. The van der Waals surface area contributed by atoms with Gasteiger partial charge in [0.2, 0.25) is 0 Å². The fourth-order valence-corrected chi connectivity index (χ4v) is 2.21. The molecule has 0 unspecified atom stereocenters. The molecule has 2 N–H and O–H groups in total. The summed E-state index contributed by atoms with van der Waals surface area (Å²) in [4.78, 5) is 13.2. The monoisotopic (exact) mass is 228 g/mol. The Labute approximate surface area is 98.0 Å². The lowest BCUT2D eigenvalue weighted by Gasteiger charge is -2.33. The van der Waals surface area contributed by atoms with Crippen LogP contribution in [0.1, 0.15) is 33.1 Å². The highest BCUT2D eigenvalue weighted by atomic mass is 16.3. The number of hydrogen-bond donors (Lipinski definition) is 2. The summed E-state index contributed by atoms with van der Waals surface area (Å²) in [6.45, 7) is 4.94. The van der Waals surface area contributed by atoms with Crippen LogP contribution in [0.5, 0.6) is 0 Å². The molecule has 0 bridgehead atoms. The highest BCUT2D eigenvalue weighted by Gasteiger charge is 2.26. The van der Waals surface area contributed by atoms with Gasteiger partial charge in [-0.1, -0.05) is 13.8 Å². The first kappa shape index (κ1) is 13.3. The molecular weight excluding hydrogens is 204 g/mol. The van der Waals surface area contributed by atoms with Crippen molar-refractivity contribution in [2.24, 2.45) is 11.8 Å². The van der Waals surface area contributed by atoms with E-state index in [1.807, 2.05) is 0 Å². The lowest BCUT2D eigenvalue weighted by atomic mass is 9.79. The largest absolute Gasteiger partial charge is 0.395 e. The van der Waals surface area contributed by atoms with Gasteiger partial charge in [0.05, 0.1) is 6.61 Å². The van der Waals surface area contributed by atoms with Crippen molar-refractivity contribution < 1.29 is 9.90 Å². The number of nitrogens with one attached hydrogen (secondary N) is 1. The van der Waals surface area contributed by atoms with Crippen LogP contribution in [-0.4, -0.2) is 42.3 Å². The third-order valence-electron chi connectivity index (χ3n) is 3.71. The SMILES string of the molecule is C[C@@H]1CC[C@H](NC(=O)N(C)CCO)C[C@@H]1C. The Hall–Kier alpha value is -0.770. The molecule has 0 spiro atoms. The Bertz CT molecular complexity index is 233. The summed E-state index contributed by atoms with van der Waals surface area (Å²) in [5.41, 5.74) is 0. The van der Waals surface area contributed by atoms with Crippen LogP contribution in [0.2, 0.25) is 0 Å². The van der Waals surface area contributed by atoms with Gasteiger partial charge in [-0.05, 0) is 31.1 Å². The molecule has 1 rings (SSSR count). The van der Waals surface area contributed by atoms with Crippen LogP contribution in [0.15, 0.2) is 0 Å². The molecule has 4 nitrogen and oxygen atoms in total. The standard InChI is InChI=1S/C12H24N2O2/c1-9-4-5-11(8-10(9)2)13-12(16)14(3)6-7-15/h9-11,15H,4-8H2,1-3H3,(H,13,16)/t9-,10+,11+/m1/s1. The maximum absolute atomic E-state index is 11.7. The normalized spacial score (nSPS) is 29.9. The highest BCUT2D eigenvalue weighted by molar-refractivity contribution is 5.74. The predicted octanol–water partition coefficient (Wildman–Crippen LogP) is 1.44. The number of hydrogen-bond acceptors (Lipinski definition) is 2. The fourth-order valence-electron chi connectivity index (χ4n) is 2.21. The summed E-state index contributed by atoms with van der Waals surface area (Å²) >= 11 is 0. The van der Waals surface area contributed by atoms with Gasteiger partial charge < -0.3 is 15.3 Å². The second-order valence-corrected chi connectivity index (χ2v) is 5.06. The Morgan fingerprint density at radius 2 is 2.06 bits per heavy atom. The number of likely N-dealkylation sites (N-methyl/N-ethyl adjacent to an activating group) is 1. The van der Waals surface area contributed by atoms with E-state index in [1.165, 1.54) is 11.3 Å². The van der Waals surface area contributed by atoms with Crippen molar-refractivity contribution in [3.63, 3.8) is 0 Å². The van der Waals surface area contributed by atoms with Crippen LogP contribution in [0.3, 0.4) is 0 Å². The molecule has 0 saturated heterocycles. The summed E-state index contributed by atoms with van der Waals surface area (Å²) in [5.74, 6) is 1.45. The molecule has 2 amide bonds. The van der Waals surface area contributed by atoms with Crippen LogP contribution < -0.4 is 5.32 Å². The number of carbonyl (C=O) groups excluding carboxylic acids is 1. The zero-order valence-electron chi connectivity index (χ0n) is 10.6. The quantitative estimate of drug-likeness (QED) is 0.768. The maximum Gasteiger partial charge on any atom is 0.317 e. The van der Waals surface area contributed by atoms with E-state index in [0.29, 0.717) is 18.5 Å². The average Bonchev–Trinajstić information content (AvgIpc) is 2.24. The van der Waals surface area contributed by atoms with Gasteiger partial charge in [0.25, 0.3) is 0 Å². The van der Waals surface area contributed by atoms with Crippen LogP contribution in [0, 0.1) is 11.8 Å². The Kier molecular flexibility index (Phi) is 5.06. The zero-order chi connectivity index (χ0) is 12.1. The van der Waals surface area contributed by atoms with Crippen molar-refractivity contribution in [3.05, 3.63) is 0 Å². The van der Waals surface area contributed by atoms with Crippen molar-refractivity contribution in [1.29, 1.82) is 0 Å². The fraction of sp³-hybridized carbons (Fsp3) is 0.917. The molecule has 0 aromatic carbocycles. The molecule has 0 aliphatic heterocycles. The van der Waals surface area contributed by atoms with E-state index in [4.69, 9.17) is 5.11 Å². The zero-order valence-corrected chi connectivity index (χ0v) is 10.6. The Morgan fingerprint density at radius 3 is 2.62 bits per heavy atom. The van der Waals surface area contributed by atoms with Gasteiger partial charge in [0, 0.05) is 19.6 Å². The van der Waals surface area contributed by atoms with E-state index in [2.05, 4.69) is 19.2 Å². The molecule has 1 aliphatic carbocycles. The van der Waals surface area contributed by atoms with E-state index >= 15 is 0 Å². The van der Waals surface area contributed by atoms with Crippen LogP contribution in [-0.2, 0) is 0 Å². The van der Waals surface area contributed by atoms with Gasteiger partial charge in [0.1, 0.15) is 0 Å². The number of carbonyl (C=O) groups is 1. The molecule has 1 saturated carbocycles. The Morgan fingerprint density at radius 1 is 1.38 bits per heavy atom. The van der Waals surface area contributed by atoms with Gasteiger partial charge in [-0.15, -0.1) is 0 Å². The van der Waals surface area contributed by atoms with Crippen molar-refractivity contribution in [1.82, 2.24) is 10.2 Å². The number of rotatable bonds is 3. The number of aliphatic hydroxyl groups is 1. The van der Waals surface area contributed by atoms with Gasteiger partial charge >= 0.3 is 6.03 Å². The van der Waals surface area contributed by atoms with Crippen molar-refractivity contribution in [3.8, 4) is 0 Å². The van der Waals surface area contributed by atoms with E-state index in [-0.39, 0.29) is 12.6 Å². The molecule has 16 heavy (non-hydrogen) atoms. The molecule has 0 heterocycles. The second kappa shape index (κ2) is 6.09. The Balaban J connectivity index is 2.34. The maximum atomic E-state index is 11.7. The lowest BCUT2D eigenvalue weighted by molar-refractivity contribution is 0.174. The molecule has 0 radical (unpaired) electrons. The van der Waals surface area contributed by atoms with Crippen molar-refractivity contribution >= 4 is 6.03 Å². The van der Waals surface area contributed by atoms with Crippen LogP contribution in [0.4, 0.5) is 4.79 Å². The topological polar surface area (TPSA) is 52.6 Å². The van der Waals surface area contributed by atoms with Crippen molar-refractivity contribution in [2.45, 2.75) is 39.2 Å². The minimum absolute atomic E-state index is 0.0159. The van der Waals surface area contributed by atoms with E-state index < -0.39 is 0 Å². The number of nitrogens with zero attached hydrogens (tertiary/aromatic N) is 1. The predicted molar refractivity (Wildman–Crippen MR) is 64.2 cm³/mol. The first-order valence-corrected chi connectivity index (χ1v) is 6.17. The summed E-state index contributed by atoms with van der Waals surface area (Å²) in [6.07, 6.45) is 3.33. The summed E-state index contributed by atoms with van der Waals surface area (Å²) in [6, 6.07) is 0.237. The number of amides is 2. The summed E-state index contributed by atoms with van der Waals surface area (Å²) in [7, 11) is 1.71. The smallest absolute Gasteiger partial charge is 0.317 e. The van der Waals surface area contributed by atoms with E-state index in [1.54, 1.807) is 7.05 Å². The molecular formula is C12H24N2O2. The third kappa shape index (κ3) is 3.67. The van der Waals surface area contributed by atoms with Gasteiger partial charge in [-0.25, -0.2) is 4.79 Å². The lowest BCUT2D eigenvalue weighted by Crippen LogP contribution is -2.46. The molecule has 0 aromatic heterocycles. The first-order valence-electron chi connectivity index (χ1n) is 6.17. The highest BCUT2D eigenvalue weighted by Crippen LogP contribution is 2.29. The summed E-state index contributed by atoms with van der Waals surface area (Å²) < 4.78 is 0.